The monoisotopic (exact) mass is 787 g/mol. The number of nitrogens with zero attached hydrogens (tertiary/aromatic N) is 4. The number of rotatable bonds is 9. The molecule has 1 amide bonds. The van der Waals surface area contributed by atoms with Crippen molar-refractivity contribution in [3.8, 4) is 16.9 Å². The lowest BCUT2D eigenvalue weighted by molar-refractivity contribution is -0.139. The van der Waals surface area contributed by atoms with Crippen LogP contribution in [0.5, 0.6) is 5.75 Å². The molecule has 12 heteroatoms. The minimum atomic E-state index is -0.775. The topological polar surface area (TPSA) is 134 Å². The molecule has 1 saturated heterocycles. The number of aromatic nitrogens is 2. The van der Waals surface area contributed by atoms with Gasteiger partial charge in [0.25, 0.3) is 5.91 Å². The van der Waals surface area contributed by atoms with E-state index in [0.717, 1.165) is 83.4 Å². The molecule has 1 spiro atoms. The standard InChI is InChI=1S/C45H49N5O6S/c1-28-31(10-8-13-36(28)55-30-17-19-45(25-30)20-23-49(24-21-45)27-39(51)52)32-15-16-38(47-40(32)42(54)56-44(2,3)4)50-22-18-29-9-7-11-33(34(29)26-50)41(53)48-43-46-35-12-5-6-14-37(35)57-43/h5-16,30H,17-27H2,1-4H3,(H,51,52)(H,46,48,53)/t30-/m1/s1. The number of likely N-dealkylation sites (tertiary alicyclic amines) is 1. The predicted molar refractivity (Wildman–Crippen MR) is 222 cm³/mol. The summed E-state index contributed by atoms with van der Waals surface area (Å²) in [6.07, 6.45) is 5.71. The van der Waals surface area contributed by atoms with Gasteiger partial charge in [0.2, 0.25) is 0 Å². The number of hydrogen-bond donors (Lipinski definition) is 2. The minimum Gasteiger partial charge on any atom is -0.490 e. The van der Waals surface area contributed by atoms with E-state index in [1.54, 1.807) is 0 Å². The summed E-state index contributed by atoms with van der Waals surface area (Å²) >= 11 is 1.45. The number of fused-ring (bicyclic) bond motifs is 2. The maximum atomic E-state index is 14.0. The molecule has 11 nitrogen and oxygen atoms in total. The lowest BCUT2D eigenvalue weighted by Crippen LogP contribution is -2.41. The number of anilines is 2. The van der Waals surface area contributed by atoms with Gasteiger partial charge in [0.1, 0.15) is 17.2 Å². The molecule has 0 radical (unpaired) electrons. The fourth-order valence-corrected chi connectivity index (χ4v) is 9.56. The van der Waals surface area contributed by atoms with Gasteiger partial charge in [-0.1, -0.05) is 47.7 Å². The average Bonchev–Trinajstić information content (AvgIpc) is 3.78. The maximum absolute atomic E-state index is 14.0. The number of carboxylic acids is 1. The molecule has 2 aliphatic heterocycles. The molecule has 57 heavy (non-hydrogen) atoms. The van der Waals surface area contributed by atoms with Crippen molar-refractivity contribution >= 4 is 50.3 Å². The molecule has 296 valence electrons. The highest BCUT2D eigenvalue weighted by Gasteiger charge is 2.42. The van der Waals surface area contributed by atoms with E-state index < -0.39 is 17.5 Å². The number of nitrogens with one attached hydrogen (secondary N) is 1. The first-order valence-electron chi connectivity index (χ1n) is 19.8. The molecule has 1 saturated carbocycles. The number of carbonyl (C=O) groups excluding carboxylic acids is 2. The second-order valence-electron chi connectivity index (χ2n) is 16.7. The summed E-state index contributed by atoms with van der Waals surface area (Å²) < 4.78 is 13.7. The number of pyridine rings is 1. The summed E-state index contributed by atoms with van der Waals surface area (Å²) in [4.78, 5) is 52.7. The molecule has 4 heterocycles. The Hall–Kier alpha value is -5.33. The smallest absolute Gasteiger partial charge is 0.358 e. The van der Waals surface area contributed by atoms with E-state index >= 15 is 0 Å². The van der Waals surface area contributed by atoms with Crippen molar-refractivity contribution in [2.45, 2.75) is 84.5 Å². The minimum absolute atomic E-state index is 0.0611. The van der Waals surface area contributed by atoms with Crippen LogP contribution in [0.1, 0.15) is 90.4 Å². The van der Waals surface area contributed by atoms with Crippen LogP contribution in [0.3, 0.4) is 0 Å². The predicted octanol–water partition coefficient (Wildman–Crippen LogP) is 8.54. The third kappa shape index (κ3) is 8.38. The summed E-state index contributed by atoms with van der Waals surface area (Å²) in [6.45, 7) is 10.4. The van der Waals surface area contributed by atoms with Gasteiger partial charge in [0, 0.05) is 24.2 Å². The van der Waals surface area contributed by atoms with Crippen molar-refractivity contribution in [3.05, 3.63) is 101 Å². The van der Waals surface area contributed by atoms with Crippen LogP contribution in [0.25, 0.3) is 21.3 Å². The fourth-order valence-electron chi connectivity index (χ4n) is 8.70. The molecule has 0 bridgehead atoms. The number of carboxylic acid groups (broad SMARTS) is 1. The Bertz CT molecular complexity index is 2310. The fraction of sp³-hybridized carbons (Fsp3) is 0.400. The van der Waals surface area contributed by atoms with Gasteiger partial charge in [-0.2, -0.15) is 0 Å². The quantitative estimate of drug-likeness (QED) is 0.140. The Labute approximate surface area is 337 Å². The molecule has 2 N–H and O–H groups in total. The molecule has 2 fully saturated rings. The van der Waals surface area contributed by atoms with Gasteiger partial charge in [0.15, 0.2) is 10.8 Å². The van der Waals surface area contributed by atoms with Gasteiger partial charge in [0.05, 0.1) is 22.9 Å². The number of amides is 1. The third-order valence-corrected chi connectivity index (χ3v) is 12.6. The zero-order valence-electron chi connectivity index (χ0n) is 33.0. The van der Waals surface area contributed by atoms with Gasteiger partial charge in [-0.15, -0.1) is 0 Å². The second kappa shape index (κ2) is 15.5. The van der Waals surface area contributed by atoms with E-state index in [9.17, 15) is 19.5 Å². The Morgan fingerprint density at radius 3 is 2.49 bits per heavy atom. The van der Waals surface area contributed by atoms with Crippen LogP contribution in [0, 0.1) is 12.3 Å². The van der Waals surface area contributed by atoms with Crippen LogP contribution in [-0.2, 0) is 22.5 Å². The molecular formula is C45H49N5O6S. The van der Waals surface area contributed by atoms with E-state index in [4.69, 9.17) is 14.5 Å². The first-order valence-corrected chi connectivity index (χ1v) is 20.6. The SMILES string of the molecule is Cc1c(O[C@@H]2CCC3(CCN(CC(=O)O)CC3)C2)cccc1-c1ccc(N2CCc3cccc(C(=O)Nc4nc5ccccc5s4)c3C2)nc1C(=O)OC(C)(C)C. The number of ether oxygens (including phenoxy) is 2. The molecule has 5 aromatic rings. The number of aliphatic carboxylic acids is 1. The van der Waals surface area contributed by atoms with Gasteiger partial charge in [-0.05, 0) is 143 Å². The van der Waals surface area contributed by atoms with E-state index in [1.807, 2.05) is 99.3 Å². The number of hydrogen-bond acceptors (Lipinski definition) is 10. The molecule has 1 aliphatic carbocycles. The van der Waals surface area contributed by atoms with Crippen LogP contribution < -0.4 is 15.0 Å². The van der Waals surface area contributed by atoms with Crippen molar-refractivity contribution in [3.63, 3.8) is 0 Å². The maximum Gasteiger partial charge on any atom is 0.358 e. The molecule has 3 aliphatic rings. The van der Waals surface area contributed by atoms with Crippen LogP contribution in [0.15, 0.2) is 72.8 Å². The van der Waals surface area contributed by atoms with Gasteiger partial charge < -0.3 is 19.5 Å². The van der Waals surface area contributed by atoms with E-state index in [0.29, 0.717) is 41.6 Å². The number of carbonyl (C=O) groups is 3. The van der Waals surface area contributed by atoms with E-state index in [2.05, 4.69) is 21.3 Å². The average molecular weight is 788 g/mol. The molecule has 2 aromatic heterocycles. The van der Waals surface area contributed by atoms with Crippen molar-refractivity contribution in [1.29, 1.82) is 0 Å². The van der Waals surface area contributed by atoms with E-state index in [-0.39, 0.29) is 29.7 Å². The zero-order valence-corrected chi connectivity index (χ0v) is 33.8. The first kappa shape index (κ1) is 38.5. The number of thiazole rings is 1. The third-order valence-electron chi connectivity index (χ3n) is 11.6. The first-order chi connectivity index (χ1) is 27.3. The van der Waals surface area contributed by atoms with Crippen molar-refractivity contribution in [2.75, 3.05) is 36.4 Å². The highest BCUT2D eigenvalue weighted by molar-refractivity contribution is 7.22. The Morgan fingerprint density at radius 2 is 1.72 bits per heavy atom. The Morgan fingerprint density at radius 1 is 0.930 bits per heavy atom. The van der Waals surface area contributed by atoms with Crippen LogP contribution in [0.2, 0.25) is 0 Å². The lowest BCUT2D eigenvalue weighted by Gasteiger charge is -2.38. The Balaban J connectivity index is 1.04. The number of piperidine rings is 1. The van der Waals surface area contributed by atoms with Crippen LogP contribution in [0.4, 0.5) is 10.9 Å². The number of benzene rings is 3. The van der Waals surface area contributed by atoms with Gasteiger partial charge in [-0.3, -0.25) is 19.8 Å². The van der Waals surface area contributed by atoms with E-state index in [1.165, 1.54) is 11.3 Å². The summed E-state index contributed by atoms with van der Waals surface area (Å²) in [7, 11) is 0. The molecule has 8 rings (SSSR count). The number of esters is 1. The summed E-state index contributed by atoms with van der Waals surface area (Å²) in [6, 6.07) is 23.5. The largest absolute Gasteiger partial charge is 0.490 e. The molecule has 1 atom stereocenters. The van der Waals surface area contributed by atoms with Crippen molar-refractivity contribution in [2.24, 2.45) is 5.41 Å². The van der Waals surface area contributed by atoms with Crippen molar-refractivity contribution in [1.82, 2.24) is 14.9 Å². The van der Waals surface area contributed by atoms with Gasteiger partial charge in [-0.25, -0.2) is 14.8 Å². The van der Waals surface area contributed by atoms with Gasteiger partial charge >= 0.3 is 11.9 Å². The highest BCUT2D eigenvalue weighted by atomic mass is 32.1. The molecular weight excluding hydrogens is 739 g/mol. The van der Waals surface area contributed by atoms with Crippen LogP contribution >= 0.6 is 11.3 Å². The lowest BCUT2D eigenvalue weighted by atomic mass is 9.77. The summed E-state index contributed by atoms with van der Waals surface area (Å²) in [5, 5.41) is 12.8. The molecule has 3 aromatic carbocycles. The van der Waals surface area contributed by atoms with Crippen molar-refractivity contribution < 1.29 is 29.0 Å². The molecule has 0 unspecified atom stereocenters. The summed E-state index contributed by atoms with van der Waals surface area (Å²) in [5.74, 6) is -0.0887. The van der Waals surface area contributed by atoms with Crippen LogP contribution in [-0.4, -0.2) is 75.7 Å². The normalized spacial score (nSPS) is 18.0. The zero-order chi connectivity index (χ0) is 39.9. The summed E-state index contributed by atoms with van der Waals surface area (Å²) in [5.41, 5.74) is 5.58. The number of para-hydroxylation sites is 1. The Kier molecular flexibility index (Phi) is 10.5. The second-order valence-corrected chi connectivity index (χ2v) is 17.7. The highest BCUT2D eigenvalue weighted by Crippen LogP contribution is 2.48.